The van der Waals surface area contributed by atoms with Crippen molar-refractivity contribution in [2.24, 2.45) is 0 Å². The van der Waals surface area contributed by atoms with E-state index < -0.39 is 0 Å². The maximum Gasteiger partial charge on any atom is 0.255 e. The number of benzene rings is 2. The zero-order chi connectivity index (χ0) is 14.7. The van der Waals surface area contributed by atoms with Crippen LogP contribution in [0, 0.1) is 0 Å². The van der Waals surface area contributed by atoms with Crippen LogP contribution in [-0.2, 0) is 13.0 Å². The van der Waals surface area contributed by atoms with Crippen molar-refractivity contribution < 1.29 is 9.90 Å². The van der Waals surface area contributed by atoms with Gasteiger partial charge >= 0.3 is 0 Å². The number of aryl methyl sites for hydroxylation is 1. The minimum absolute atomic E-state index is 0.0927. The molecule has 3 N–H and O–H groups in total. The SMILES string of the molecule is O=C(Nc1ccccc1CO)c1ccc2c(c1)CCCN2. The molecule has 1 aliphatic heterocycles. The molecule has 0 radical (unpaired) electrons. The lowest BCUT2D eigenvalue weighted by Crippen LogP contribution is -2.16. The predicted molar refractivity (Wildman–Crippen MR) is 83.6 cm³/mol. The Morgan fingerprint density at radius 3 is 2.95 bits per heavy atom. The molecule has 0 bridgehead atoms. The average molecular weight is 282 g/mol. The number of carbonyl (C=O) groups is 1. The number of aliphatic hydroxyl groups is 1. The Morgan fingerprint density at radius 2 is 2.10 bits per heavy atom. The van der Waals surface area contributed by atoms with Crippen LogP contribution >= 0.6 is 0 Å². The van der Waals surface area contributed by atoms with E-state index in [-0.39, 0.29) is 12.5 Å². The third kappa shape index (κ3) is 2.90. The number of anilines is 2. The van der Waals surface area contributed by atoms with Crippen molar-refractivity contribution in [2.45, 2.75) is 19.4 Å². The Balaban J connectivity index is 1.82. The second-order valence-electron chi connectivity index (χ2n) is 5.17. The Labute approximate surface area is 123 Å². The van der Waals surface area contributed by atoms with Crippen molar-refractivity contribution in [1.29, 1.82) is 0 Å². The summed E-state index contributed by atoms with van der Waals surface area (Å²) in [6.45, 7) is 0.896. The Bertz CT molecular complexity index is 668. The molecule has 0 saturated heterocycles. The van der Waals surface area contributed by atoms with E-state index in [1.807, 2.05) is 30.3 Å². The third-order valence-electron chi connectivity index (χ3n) is 3.74. The molecular weight excluding hydrogens is 264 g/mol. The van der Waals surface area contributed by atoms with Crippen LogP contribution in [0.1, 0.15) is 27.9 Å². The molecule has 1 heterocycles. The maximum atomic E-state index is 12.4. The van der Waals surface area contributed by atoms with Crippen LogP contribution in [0.3, 0.4) is 0 Å². The van der Waals surface area contributed by atoms with Gasteiger partial charge in [0.05, 0.1) is 6.61 Å². The van der Waals surface area contributed by atoms with Gasteiger partial charge in [0.2, 0.25) is 0 Å². The standard InChI is InChI=1S/C17H18N2O2/c20-11-14-4-1-2-6-16(14)19-17(21)13-7-8-15-12(10-13)5-3-9-18-15/h1-2,4,6-8,10,18,20H,3,5,9,11H2,(H,19,21). The van der Waals surface area contributed by atoms with Crippen molar-refractivity contribution in [3.63, 3.8) is 0 Å². The molecule has 0 fully saturated rings. The molecule has 0 unspecified atom stereocenters. The summed E-state index contributed by atoms with van der Waals surface area (Å²) in [4.78, 5) is 12.4. The van der Waals surface area contributed by atoms with Gasteiger partial charge in [0.1, 0.15) is 0 Å². The molecule has 2 aromatic rings. The molecule has 4 nitrogen and oxygen atoms in total. The summed E-state index contributed by atoms with van der Waals surface area (Å²) in [7, 11) is 0. The normalized spacial score (nSPS) is 13.2. The molecule has 1 amide bonds. The van der Waals surface area contributed by atoms with Gasteiger partial charge in [0.25, 0.3) is 5.91 Å². The summed E-state index contributed by atoms with van der Waals surface area (Å²) < 4.78 is 0. The number of hydrogen-bond donors (Lipinski definition) is 3. The number of aliphatic hydroxyl groups excluding tert-OH is 1. The lowest BCUT2D eigenvalue weighted by atomic mass is 10.0. The number of rotatable bonds is 3. The summed E-state index contributed by atoms with van der Waals surface area (Å²) in [6, 6.07) is 13.0. The van der Waals surface area contributed by atoms with E-state index in [1.165, 1.54) is 5.56 Å². The molecule has 0 atom stereocenters. The topological polar surface area (TPSA) is 61.4 Å². The van der Waals surface area contributed by atoms with E-state index in [0.29, 0.717) is 16.8 Å². The van der Waals surface area contributed by atoms with Gasteiger partial charge in [-0.25, -0.2) is 0 Å². The Kier molecular flexibility index (Phi) is 3.88. The summed E-state index contributed by atoms with van der Waals surface area (Å²) in [5.74, 6) is -0.149. The highest BCUT2D eigenvalue weighted by atomic mass is 16.3. The highest BCUT2D eigenvalue weighted by Crippen LogP contribution is 2.24. The summed E-state index contributed by atoms with van der Waals surface area (Å²) in [6.07, 6.45) is 2.09. The first kappa shape index (κ1) is 13.6. The van der Waals surface area contributed by atoms with Crippen molar-refractivity contribution in [3.8, 4) is 0 Å². The van der Waals surface area contributed by atoms with Gasteiger partial charge in [-0.15, -0.1) is 0 Å². The zero-order valence-electron chi connectivity index (χ0n) is 11.7. The van der Waals surface area contributed by atoms with E-state index in [9.17, 15) is 9.90 Å². The van der Waals surface area contributed by atoms with E-state index in [0.717, 1.165) is 25.1 Å². The van der Waals surface area contributed by atoms with Crippen molar-refractivity contribution in [2.75, 3.05) is 17.2 Å². The fourth-order valence-corrected chi connectivity index (χ4v) is 2.59. The molecule has 108 valence electrons. The first-order valence-corrected chi connectivity index (χ1v) is 7.15. The molecule has 21 heavy (non-hydrogen) atoms. The van der Waals surface area contributed by atoms with Crippen LogP contribution in [0.4, 0.5) is 11.4 Å². The molecule has 0 saturated carbocycles. The number of amides is 1. The monoisotopic (exact) mass is 282 g/mol. The quantitative estimate of drug-likeness (QED) is 0.811. The van der Waals surface area contributed by atoms with Gasteiger partial charge < -0.3 is 15.7 Å². The Hall–Kier alpha value is -2.33. The second-order valence-corrected chi connectivity index (χ2v) is 5.17. The van der Waals surface area contributed by atoms with E-state index in [2.05, 4.69) is 10.6 Å². The lowest BCUT2D eigenvalue weighted by Gasteiger charge is -2.18. The van der Waals surface area contributed by atoms with Gasteiger partial charge in [-0.1, -0.05) is 18.2 Å². The molecule has 0 spiro atoms. The molecule has 4 heteroatoms. The van der Waals surface area contributed by atoms with Gasteiger partial charge in [-0.05, 0) is 42.7 Å². The van der Waals surface area contributed by atoms with Crippen molar-refractivity contribution >= 4 is 17.3 Å². The predicted octanol–water partition coefficient (Wildman–Crippen LogP) is 2.79. The highest BCUT2D eigenvalue weighted by Gasteiger charge is 2.13. The van der Waals surface area contributed by atoms with Crippen LogP contribution < -0.4 is 10.6 Å². The van der Waals surface area contributed by atoms with Crippen LogP contribution in [0.25, 0.3) is 0 Å². The highest BCUT2D eigenvalue weighted by molar-refractivity contribution is 6.05. The molecule has 0 aromatic heterocycles. The lowest BCUT2D eigenvalue weighted by molar-refractivity contribution is 0.102. The molecular formula is C17H18N2O2. The molecule has 2 aromatic carbocycles. The fourth-order valence-electron chi connectivity index (χ4n) is 2.59. The molecule has 3 rings (SSSR count). The van der Waals surface area contributed by atoms with Crippen LogP contribution in [0.15, 0.2) is 42.5 Å². The fraction of sp³-hybridized carbons (Fsp3) is 0.235. The first-order valence-electron chi connectivity index (χ1n) is 7.15. The van der Waals surface area contributed by atoms with Gasteiger partial charge in [-0.3, -0.25) is 4.79 Å². The van der Waals surface area contributed by atoms with E-state index in [4.69, 9.17) is 0 Å². The second kappa shape index (κ2) is 5.97. The van der Waals surface area contributed by atoms with Crippen LogP contribution in [0.2, 0.25) is 0 Å². The van der Waals surface area contributed by atoms with Crippen LogP contribution in [0.5, 0.6) is 0 Å². The average Bonchev–Trinajstić information content (AvgIpc) is 2.55. The number of para-hydroxylation sites is 1. The van der Waals surface area contributed by atoms with E-state index in [1.54, 1.807) is 12.1 Å². The number of nitrogens with one attached hydrogen (secondary N) is 2. The van der Waals surface area contributed by atoms with Gasteiger partial charge in [-0.2, -0.15) is 0 Å². The number of fused-ring (bicyclic) bond motifs is 1. The number of carbonyl (C=O) groups excluding carboxylic acids is 1. The summed E-state index contributed by atoms with van der Waals surface area (Å²) >= 11 is 0. The van der Waals surface area contributed by atoms with Gasteiger partial charge in [0.15, 0.2) is 0 Å². The van der Waals surface area contributed by atoms with Crippen molar-refractivity contribution in [3.05, 3.63) is 59.2 Å². The van der Waals surface area contributed by atoms with Crippen LogP contribution in [-0.4, -0.2) is 17.6 Å². The molecule has 0 aliphatic carbocycles. The molecule has 1 aliphatic rings. The maximum absolute atomic E-state index is 12.4. The largest absolute Gasteiger partial charge is 0.392 e. The minimum Gasteiger partial charge on any atom is -0.392 e. The summed E-state index contributed by atoms with van der Waals surface area (Å²) in [5.41, 5.74) is 4.31. The number of hydrogen-bond acceptors (Lipinski definition) is 3. The smallest absolute Gasteiger partial charge is 0.255 e. The summed E-state index contributed by atoms with van der Waals surface area (Å²) in [5, 5.41) is 15.5. The zero-order valence-corrected chi connectivity index (χ0v) is 11.7. The third-order valence-corrected chi connectivity index (χ3v) is 3.74. The minimum atomic E-state index is -0.149. The van der Waals surface area contributed by atoms with Crippen molar-refractivity contribution in [1.82, 2.24) is 0 Å². The van der Waals surface area contributed by atoms with E-state index >= 15 is 0 Å². The first-order chi connectivity index (χ1) is 10.3. The van der Waals surface area contributed by atoms with Gasteiger partial charge in [0, 0.05) is 29.0 Å². The Morgan fingerprint density at radius 1 is 1.24 bits per heavy atom.